The Morgan fingerprint density at radius 1 is 1.29 bits per heavy atom. The monoisotopic (exact) mass is 285 g/mol. The Hall–Kier alpha value is -1.81. The molecule has 0 saturated carbocycles. The minimum absolute atomic E-state index is 0.0229. The fourth-order valence-electron chi connectivity index (χ4n) is 2.98. The first-order valence-electron chi connectivity index (χ1n) is 7.47. The largest absolute Gasteiger partial charge is 0.380 e. The molecule has 1 aliphatic rings. The molecule has 1 aliphatic heterocycles. The summed E-state index contributed by atoms with van der Waals surface area (Å²) in [5, 5.41) is 8.11. The van der Waals surface area contributed by atoms with E-state index in [2.05, 4.69) is 61.5 Å². The third kappa shape index (κ3) is 3.10. The summed E-state index contributed by atoms with van der Waals surface area (Å²) in [5.74, 6) is 0. The Morgan fingerprint density at radius 3 is 2.71 bits per heavy atom. The van der Waals surface area contributed by atoms with E-state index < -0.39 is 0 Å². The minimum Gasteiger partial charge on any atom is -0.380 e. The van der Waals surface area contributed by atoms with Crippen molar-refractivity contribution in [3.63, 3.8) is 0 Å². The van der Waals surface area contributed by atoms with Crippen molar-refractivity contribution >= 4 is 5.69 Å². The van der Waals surface area contributed by atoms with E-state index in [4.69, 9.17) is 4.74 Å². The Kier molecular flexibility index (Phi) is 3.49. The van der Waals surface area contributed by atoms with Crippen LogP contribution >= 0.6 is 0 Å². The number of rotatable bonds is 3. The van der Waals surface area contributed by atoms with Gasteiger partial charge in [-0.3, -0.25) is 0 Å². The highest BCUT2D eigenvalue weighted by molar-refractivity contribution is 5.52. The average Bonchev–Trinajstić information content (AvgIpc) is 2.92. The number of nitrogens with one attached hydrogen (secondary N) is 1. The zero-order valence-corrected chi connectivity index (χ0v) is 13.2. The van der Waals surface area contributed by atoms with Crippen LogP contribution in [0.5, 0.6) is 0 Å². The van der Waals surface area contributed by atoms with Gasteiger partial charge in [0.25, 0.3) is 0 Å². The van der Waals surface area contributed by atoms with E-state index in [1.54, 1.807) is 0 Å². The van der Waals surface area contributed by atoms with Gasteiger partial charge in [-0.2, -0.15) is 5.10 Å². The van der Waals surface area contributed by atoms with Crippen molar-refractivity contribution in [1.29, 1.82) is 0 Å². The maximum atomic E-state index is 5.78. The molecule has 1 N–H and O–H groups in total. The van der Waals surface area contributed by atoms with Crippen molar-refractivity contribution < 1.29 is 4.74 Å². The molecule has 1 unspecified atom stereocenters. The highest BCUT2D eigenvalue weighted by atomic mass is 16.5. The molecule has 4 nitrogen and oxygen atoms in total. The summed E-state index contributed by atoms with van der Waals surface area (Å²) >= 11 is 0. The van der Waals surface area contributed by atoms with Crippen molar-refractivity contribution in [3.05, 3.63) is 41.7 Å². The first kappa shape index (κ1) is 14.1. The first-order chi connectivity index (χ1) is 9.93. The fraction of sp³-hybridized carbons (Fsp3) is 0.471. The molecule has 2 aromatic rings. The molecule has 1 fully saturated rings. The van der Waals surface area contributed by atoms with Gasteiger partial charge in [-0.25, -0.2) is 4.68 Å². The van der Waals surface area contributed by atoms with Gasteiger partial charge in [0, 0.05) is 11.4 Å². The summed E-state index contributed by atoms with van der Waals surface area (Å²) in [6, 6.07) is 10.9. The molecular formula is C17H23N3O. The van der Waals surface area contributed by atoms with Gasteiger partial charge < -0.3 is 10.1 Å². The van der Waals surface area contributed by atoms with Crippen LogP contribution < -0.4 is 5.32 Å². The third-order valence-corrected chi connectivity index (χ3v) is 3.88. The second kappa shape index (κ2) is 5.19. The quantitative estimate of drug-likeness (QED) is 0.938. The third-order valence-electron chi connectivity index (χ3n) is 3.88. The standard InChI is InChI=1S/C17H23N3O/c1-12-8-13(2)20(19-12)16-7-5-6-14(9-16)18-15-10-17(3,4)21-11-15/h5-9,15,18H,10-11H2,1-4H3. The maximum Gasteiger partial charge on any atom is 0.0676 e. The van der Waals surface area contributed by atoms with Crippen LogP contribution in [0.2, 0.25) is 0 Å². The van der Waals surface area contributed by atoms with E-state index in [0.29, 0.717) is 6.04 Å². The Bertz CT molecular complexity index is 645. The van der Waals surface area contributed by atoms with Crippen LogP contribution in [0, 0.1) is 13.8 Å². The Labute approximate surface area is 126 Å². The molecule has 21 heavy (non-hydrogen) atoms. The molecule has 1 aromatic heterocycles. The molecule has 1 atom stereocenters. The normalized spacial score (nSPS) is 20.7. The predicted octanol–water partition coefficient (Wildman–Crippen LogP) is 3.47. The Morgan fingerprint density at radius 2 is 2.10 bits per heavy atom. The highest BCUT2D eigenvalue weighted by Crippen LogP contribution is 2.27. The smallest absolute Gasteiger partial charge is 0.0676 e. The number of hydrogen-bond acceptors (Lipinski definition) is 3. The lowest BCUT2D eigenvalue weighted by molar-refractivity contribution is 0.0363. The molecule has 0 spiro atoms. The van der Waals surface area contributed by atoms with Crippen molar-refractivity contribution in [3.8, 4) is 5.69 Å². The van der Waals surface area contributed by atoms with Gasteiger partial charge in [0.05, 0.1) is 29.6 Å². The zero-order valence-electron chi connectivity index (χ0n) is 13.2. The first-order valence-corrected chi connectivity index (χ1v) is 7.47. The minimum atomic E-state index is -0.0229. The van der Waals surface area contributed by atoms with Crippen molar-refractivity contribution in [2.75, 3.05) is 11.9 Å². The van der Waals surface area contributed by atoms with Crippen LogP contribution in [0.25, 0.3) is 5.69 Å². The molecule has 112 valence electrons. The number of anilines is 1. The topological polar surface area (TPSA) is 39.1 Å². The number of hydrogen-bond donors (Lipinski definition) is 1. The summed E-state index contributed by atoms with van der Waals surface area (Å²) in [6.07, 6.45) is 1.02. The van der Waals surface area contributed by atoms with Crippen LogP contribution in [-0.4, -0.2) is 28.0 Å². The summed E-state index contributed by atoms with van der Waals surface area (Å²) < 4.78 is 7.76. The average molecular weight is 285 g/mol. The summed E-state index contributed by atoms with van der Waals surface area (Å²) in [5.41, 5.74) is 4.37. The van der Waals surface area contributed by atoms with E-state index in [9.17, 15) is 0 Å². The van der Waals surface area contributed by atoms with Gasteiger partial charge in [-0.05, 0) is 58.4 Å². The zero-order chi connectivity index (χ0) is 15.0. The number of aromatic nitrogens is 2. The van der Waals surface area contributed by atoms with E-state index in [1.807, 2.05) is 11.6 Å². The van der Waals surface area contributed by atoms with Crippen LogP contribution in [0.3, 0.4) is 0 Å². The van der Waals surface area contributed by atoms with Crippen LogP contribution in [0.1, 0.15) is 31.7 Å². The molecule has 0 bridgehead atoms. The lowest BCUT2D eigenvalue weighted by atomic mass is 10.0. The molecule has 0 radical (unpaired) electrons. The summed E-state index contributed by atoms with van der Waals surface area (Å²) in [6.45, 7) is 9.13. The number of aryl methyl sites for hydroxylation is 2. The molecule has 1 aromatic carbocycles. The molecule has 1 saturated heterocycles. The van der Waals surface area contributed by atoms with Gasteiger partial charge in [-0.1, -0.05) is 6.07 Å². The highest BCUT2D eigenvalue weighted by Gasteiger charge is 2.31. The van der Waals surface area contributed by atoms with E-state index >= 15 is 0 Å². The van der Waals surface area contributed by atoms with E-state index in [0.717, 1.165) is 35.8 Å². The van der Waals surface area contributed by atoms with Crippen LogP contribution in [0.15, 0.2) is 30.3 Å². The second-order valence-corrected chi connectivity index (χ2v) is 6.51. The lowest BCUT2D eigenvalue weighted by Crippen LogP contribution is -2.22. The second-order valence-electron chi connectivity index (χ2n) is 6.51. The SMILES string of the molecule is Cc1cc(C)n(-c2cccc(NC3COC(C)(C)C3)c2)n1. The Balaban J connectivity index is 1.79. The lowest BCUT2D eigenvalue weighted by Gasteiger charge is -2.17. The molecular weight excluding hydrogens is 262 g/mol. The van der Waals surface area contributed by atoms with Gasteiger partial charge in [0.2, 0.25) is 0 Å². The fourth-order valence-corrected chi connectivity index (χ4v) is 2.98. The van der Waals surface area contributed by atoms with Crippen LogP contribution in [-0.2, 0) is 4.74 Å². The van der Waals surface area contributed by atoms with Crippen LogP contribution in [0.4, 0.5) is 5.69 Å². The van der Waals surface area contributed by atoms with E-state index in [1.165, 1.54) is 0 Å². The molecule has 4 heteroatoms. The molecule has 2 heterocycles. The van der Waals surface area contributed by atoms with Crippen molar-refractivity contribution in [2.45, 2.75) is 45.8 Å². The molecule has 0 amide bonds. The van der Waals surface area contributed by atoms with Gasteiger partial charge in [0.15, 0.2) is 0 Å². The van der Waals surface area contributed by atoms with Crippen molar-refractivity contribution in [2.24, 2.45) is 0 Å². The van der Waals surface area contributed by atoms with Crippen molar-refractivity contribution in [1.82, 2.24) is 9.78 Å². The number of nitrogens with zero attached hydrogens (tertiary/aromatic N) is 2. The summed E-state index contributed by atoms with van der Waals surface area (Å²) in [4.78, 5) is 0. The van der Waals surface area contributed by atoms with Gasteiger partial charge in [-0.15, -0.1) is 0 Å². The van der Waals surface area contributed by atoms with Gasteiger partial charge in [0.1, 0.15) is 0 Å². The number of ether oxygens (including phenoxy) is 1. The summed E-state index contributed by atoms with van der Waals surface area (Å²) in [7, 11) is 0. The molecule has 3 rings (SSSR count). The predicted molar refractivity (Wildman–Crippen MR) is 85.1 cm³/mol. The maximum absolute atomic E-state index is 5.78. The number of benzene rings is 1. The van der Waals surface area contributed by atoms with E-state index in [-0.39, 0.29) is 5.60 Å². The van der Waals surface area contributed by atoms with Gasteiger partial charge >= 0.3 is 0 Å². The molecule has 0 aliphatic carbocycles.